The van der Waals surface area contributed by atoms with E-state index in [-0.39, 0.29) is 12.2 Å². The van der Waals surface area contributed by atoms with E-state index < -0.39 is 0 Å². The second-order valence-electron chi connectivity index (χ2n) is 4.61. The van der Waals surface area contributed by atoms with E-state index >= 15 is 0 Å². The molecule has 1 atom stereocenters. The van der Waals surface area contributed by atoms with Crippen LogP contribution >= 0.6 is 0 Å². The molecule has 3 nitrogen and oxygen atoms in total. The first-order valence-electron chi connectivity index (χ1n) is 5.68. The highest BCUT2D eigenvalue weighted by Gasteiger charge is 2.23. The molecule has 1 aromatic carbocycles. The van der Waals surface area contributed by atoms with Gasteiger partial charge in [0.1, 0.15) is 6.10 Å². The van der Waals surface area contributed by atoms with Crippen molar-refractivity contribution in [1.29, 1.82) is 0 Å². The predicted octanol–water partition coefficient (Wildman–Crippen LogP) is 2.67. The Morgan fingerprint density at radius 1 is 1.38 bits per heavy atom. The van der Waals surface area contributed by atoms with Crippen LogP contribution in [0.25, 0.3) is 0 Å². The van der Waals surface area contributed by atoms with Crippen molar-refractivity contribution in [3.63, 3.8) is 0 Å². The number of amides is 1. The van der Waals surface area contributed by atoms with Crippen molar-refractivity contribution in [3.8, 4) is 0 Å². The Balaban J connectivity index is 2.04. The number of carbonyl (C=O) groups excluding carboxylic acids is 1. The number of rotatable bonds is 3. The fourth-order valence-corrected chi connectivity index (χ4v) is 1.91. The van der Waals surface area contributed by atoms with Crippen LogP contribution < -0.4 is 5.32 Å². The van der Waals surface area contributed by atoms with Crippen molar-refractivity contribution in [2.45, 2.75) is 26.4 Å². The molecular formula is C13H17NO2. The summed E-state index contributed by atoms with van der Waals surface area (Å²) in [4.78, 5) is 10.9. The molecule has 86 valence electrons. The molecule has 1 saturated heterocycles. The van der Waals surface area contributed by atoms with E-state index in [0.29, 0.717) is 12.5 Å². The van der Waals surface area contributed by atoms with Gasteiger partial charge in [-0.25, -0.2) is 4.79 Å². The van der Waals surface area contributed by atoms with Crippen LogP contribution in [0.15, 0.2) is 24.3 Å². The third-order valence-electron chi connectivity index (χ3n) is 2.68. The average Bonchev–Trinajstić information content (AvgIpc) is 2.65. The Morgan fingerprint density at radius 3 is 2.56 bits per heavy atom. The van der Waals surface area contributed by atoms with Crippen molar-refractivity contribution in [2.24, 2.45) is 5.92 Å². The molecule has 3 heteroatoms. The molecule has 0 spiro atoms. The van der Waals surface area contributed by atoms with Crippen LogP contribution in [-0.2, 0) is 11.2 Å². The molecule has 1 amide bonds. The first-order chi connectivity index (χ1) is 7.65. The number of hydrogen-bond donors (Lipinski definition) is 1. The zero-order chi connectivity index (χ0) is 11.5. The molecule has 1 aliphatic heterocycles. The van der Waals surface area contributed by atoms with E-state index in [0.717, 1.165) is 12.0 Å². The monoisotopic (exact) mass is 219 g/mol. The molecule has 1 fully saturated rings. The van der Waals surface area contributed by atoms with Crippen LogP contribution in [0, 0.1) is 5.92 Å². The van der Waals surface area contributed by atoms with Crippen LogP contribution in [-0.4, -0.2) is 12.6 Å². The summed E-state index contributed by atoms with van der Waals surface area (Å²) in [6.07, 6.45) is 0.639. The second kappa shape index (κ2) is 4.56. The summed E-state index contributed by atoms with van der Waals surface area (Å²) < 4.78 is 5.12. The van der Waals surface area contributed by atoms with Gasteiger partial charge in [0.05, 0.1) is 6.54 Å². The first-order valence-corrected chi connectivity index (χ1v) is 5.68. The van der Waals surface area contributed by atoms with E-state index in [4.69, 9.17) is 4.74 Å². The van der Waals surface area contributed by atoms with Gasteiger partial charge in [-0.2, -0.15) is 0 Å². The molecule has 1 aromatic rings. The lowest BCUT2D eigenvalue weighted by molar-refractivity contribution is 0.141. The minimum Gasteiger partial charge on any atom is -0.439 e. The fraction of sp³-hybridized carbons (Fsp3) is 0.462. The topological polar surface area (TPSA) is 38.3 Å². The standard InChI is InChI=1S/C13H17NO2/c1-9(2)7-10-3-5-11(6-4-10)12-8-14-13(15)16-12/h3-6,9,12H,7-8H2,1-2H3,(H,14,15). The van der Waals surface area contributed by atoms with Crippen molar-refractivity contribution in [1.82, 2.24) is 5.32 Å². The number of cyclic esters (lactones) is 1. The molecule has 0 saturated carbocycles. The predicted molar refractivity (Wildman–Crippen MR) is 62.2 cm³/mol. The Labute approximate surface area is 95.8 Å². The van der Waals surface area contributed by atoms with Gasteiger partial charge in [-0.05, 0) is 23.5 Å². The summed E-state index contributed by atoms with van der Waals surface area (Å²) in [6, 6.07) is 8.31. The number of nitrogens with one attached hydrogen (secondary N) is 1. The fourth-order valence-electron chi connectivity index (χ4n) is 1.91. The first kappa shape index (κ1) is 11.0. The number of alkyl carbamates (subject to hydrolysis) is 1. The maximum Gasteiger partial charge on any atom is 0.407 e. The van der Waals surface area contributed by atoms with Crippen molar-refractivity contribution < 1.29 is 9.53 Å². The summed E-state index contributed by atoms with van der Waals surface area (Å²) in [6.45, 7) is 4.98. The molecule has 0 bridgehead atoms. The number of ether oxygens (including phenoxy) is 1. The lowest BCUT2D eigenvalue weighted by Gasteiger charge is -2.10. The van der Waals surface area contributed by atoms with Crippen LogP contribution in [0.2, 0.25) is 0 Å². The van der Waals surface area contributed by atoms with Gasteiger partial charge in [0, 0.05) is 0 Å². The minimum atomic E-state index is -0.323. The molecule has 0 aromatic heterocycles. The maximum atomic E-state index is 10.9. The molecule has 16 heavy (non-hydrogen) atoms. The van der Waals surface area contributed by atoms with Gasteiger partial charge in [0.2, 0.25) is 0 Å². The molecule has 2 rings (SSSR count). The summed E-state index contributed by atoms with van der Waals surface area (Å²) in [5.41, 5.74) is 2.39. The second-order valence-corrected chi connectivity index (χ2v) is 4.61. The smallest absolute Gasteiger partial charge is 0.407 e. The lowest BCUT2D eigenvalue weighted by atomic mass is 10.0. The third-order valence-corrected chi connectivity index (χ3v) is 2.68. The molecule has 1 N–H and O–H groups in total. The molecule has 1 heterocycles. The quantitative estimate of drug-likeness (QED) is 0.848. The minimum absolute atomic E-state index is 0.124. The van der Waals surface area contributed by atoms with Crippen LogP contribution in [0.3, 0.4) is 0 Å². The lowest BCUT2D eigenvalue weighted by Crippen LogP contribution is -2.12. The maximum absolute atomic E-state index is 10.9. The molecule has 1 aliphatic rings. The zero-order valence-corrected chi connectivity index (χ0v) is 9.69. The SMILES string of the molecule is CC(C)Cc1ccc(C2CNC(=O)O2)cc1. The highest BCUT2D eigenvalue weighted by atomic mass is 16.6. The number of carbonyl (C=O) groups is 1. The Hall–Kier alpha value is -1.51. The van der Waals surface area contributed by atoms with Crippen LogP contribution in [0.1, 0.15) is 31.1 Å². The summed E-state index contributed by atoms with van der Waals surface area (Å²) in [5, 5.41) is 2.65. The van der Waals surface area contributed by atoms with Gasteiger partial charge < -0.3 is 10.1 Å². The van der Waals surface area contributed by atoms with Crippen molar-refractivity contribution in [3.05, 3.63) is 35.4 Å². The van der Waals surface area contributed by atoms with Gasteiger partial charge in [0.25, 0.3) is 0 Å². The Bertz CT molecular complexity index is 370. The van der Waals surface area contributed by atoms with E-state index in [9.17, 15) is 4.79 Å². The van der Waals surface area contributed by atoms with E-state index in [1.807, 2.05) is 12.1 Å². The summed E-state index contributed by atoms with van der Waals surface area (Å²) in [5.74, 6) is 0.664. The van der Waals surface area contributed by atoms with E-state index in [2.05, 4.69) is 31.3 Å². The molecule has 1 unspecified atom stereocenters. The molecular weight excluding hydrogens is 202 g/mol. The van der Waals surface area contributed by atoms with E-state index in [1.54, 1.807) is 0 Å². The summed E-state index contributed by atoms with van der Waals surface area (Å²) in [7, 11) is 0. The average molecular weight is 219 g/mol. The van der Waals surface area contributed by atoms with Gasteiger partial charge in [0.15, 0.2) is 0 Å². The van der Waals surface area contributed by atoms with E-state index in [1.165, 1.54) is 5.56 Å². The third kappa shape index (κ3) is 2.54. The highest BCUT2D eigenvalue weighted by Crippen LogP contribution is 2.21. The van der Waals surface area contributed by atoms with Crippen LogP contribution in [0.4, 0.5) is 4.79 Å². The van der Waals surface area contributed by atoms with Gasteiger partial charge >= 0.3 is 6.09 Å². The van der Waals surface area contributed by atoms with Crippen LogP contribution in [0.5, 0.6) is 0 Å². The Morgan fingerprint density at radius 2 is 2.06 bits per heavy atom. The number of benzene rings is 1. The Kier molecular flexibility index (Phi) is 3.13. The molecule has 0 aliphatic carbocycles. The van der Waals surface area contributed by atoms with Gasteiger partial charge in [-0.1, -0.05) is 38.1 Å². The number of hydrogen-bond acceptors (Lipinski definition) is 2. The van der Waals surface area contributed by atoms with Gasteiger partial charge in [-0.15, -0.1) is 0 Å². The van der Waals surface area contributed by atoms with Crippen molar-refractivity contribution >= 4 is 6.09 Å². The largest absolute Gasteiger partial charge is 0.439 e. The highest BCUT2D eigenvalue weighted by molar-refractivity contribution is 5.69. The molecule has 0 radical (unpaired) electrons. The zero-order valence-electron chi connectivity index (χ0n) is 9.69. The normalized spacial score (nSPS) is 19.7. The summed E-state index contributed by atoms with van der Waals surface area (Å²) >= 11 is 0. The van der Waals surface area contributed by atoms with Crippen molar-refractivity contribution in [2.75, 3.05) is 6.54 Å². The van der Waals surface area contributed by atoms with Gasteiger partial charge in [-0.3, -0.25) is 0 Å².